The zero-order valence-electron chi connectivity index (χ0n) is 15.1. The smallest absolute Gasteiger partial charge is 0.309 e. The number of carbonyl (C=O) groups excluding carboxylic acids is 2. The number of amides is 2. The summed E-state index contributed by atoms with van der Waals surface area (Å²) in [6.07, 6.45) is -0.865. The van der Waals surface area contributed by atoms with Crippen molar-refractivity contribution in [1.29, 1.82) is 0 Å². The van der Waals surface area contributed by atoms with Crippen molar-refractivity contribution < 1.29 is 22.7 Å². The van der Waals surface area contributed by atoms with Gasteiger partial charge in [-0.15, -0.1) is 0 Å². The number of carbonyl (C=O) groups is 2. The van der Waals surface area contributed by atoms with Gasteiger partial charge in [0.25, 0.3) is 0 Å². The monoisotopic (exact) mass is 403 g/mol. The van der Waals surface area contributed by atoms with Crippen LogP contribution in [-0.2, 0) is 30.9 Å². The van der Waals surface area contributed by atoms with Gasteiger partial charge < -0.3 is 15.4 Å². The van der Waals surface area contributed by atoms with Crippen molar-refractivity contribution in [2.75, 3.05) is 19.7 Å². The van der Waals surface area contributed by atoms with E-state index in [4.69, 9.17) is 4.74 Å². The highest BCUT2D eigenvalue weighted by Crippen LogP contribution is 2.21. The summed E-state index contributed by atoms with van der Waals surface area (Å²) in [7, 11) is -3.75. The lowest BCUT2D eigenvalue weighted by molar-refractivity contribution is -0.139. The van der Waals surface area contributed by atoms with Crippen molar-refractivity contribution in [2.24, 2.45) is 0 Å². The molecule has 1 fully saturated rings. The second kappa shape index (κ2) is 8.96. The molecule has 2 N–H and O–H groups in total. The second-order valence-corrected chi connectivity index (χ2v) is 8.02. The molecule has 0 spiro atoms. The van der Waals surface area contributed by atoms with Gasteiger partial charge in [-0.1, -0.05) is 48.5 Å². The summed E-state index contributed by atoms with van der Waals surface area (Å²) in [5.41, 5.74) is 0.864. The van der Waals surface area contributed by atoms with E-state index >= 15 is 0 Å². The van der Waals surface area contributed by atoms with E-state index in [-0.39, 0.29) is 31.1 Å². The molecule has 0 aliphatic carbocycles. The molecule has 148 valence electrons. The Balaban J connectivity index is 1.54. The second-order valence-electron chi connectivity index (χ2n) is 6.13. The fourth-order valence-electron chi connectivity index (χ4n) is 2.79. The third kappa shape index (κ3) is 4.75. The van der Waals surface area contributed by atoms with Gasteiger partial charge in [-0.3, -0.25) is 9.59 Å². The lowest BCUT2D eigenvalue weighted by Crippen LogP contribution is -2.47. The van der Waals surface area contributed by atoms with Gasteiger partial charge in [0.1, 0.15) is 6.23 Å². The van der Waals surface area contributed by atoms with Crippen LogP contribution in [-0.4, -0.2) is 50.5 Å². The molecule has 1 atom stereocenters. The van der Waals surface area contributed by atoms with E-state index in [1.807, 2.05) is 30.3 Å². The van der Waals surface area contributed by atoms with E-state index in [1.54, 1.807) is 18.2 Å². The zero-order chi connectivity index (χ0) is 20.0. The van der Waals surface area contributed by atoms with Crippen molar-refractivity contribution in [2.45, 2.75) is 17.7 Å². The molecular weight excluding hydrogens is 382 g/mol. The molecule has 2 amide bonds. The van der Waals surface area contributed by atoms with Crippen LogP contribution in [0, 0.1) is 0 Å². The van der Waals surface area contributed by atoms with E-state index < -0.39 is 28.1 Å². The molecule has 8 nitrogen and oxygen atoms in total. The van der Waals surface area contributed by atoms with E-state index in [9.17, 15) is 18.0 Å². The van der Waals surface area contributed by atoms with Gasteiger partial charge in [0.2, 0.25) is 10.0 Å². The maximum Gasteiger partial charge on any atom is 0.309 e. The summed E-state index contributed by atoms with van der Waals surface area (Å²) < 4.78 is 32.1. The van der Waals surface area contributed by atoms with Crippen LogP contribution in [0.5, 0.6) is 0 Å². The van der Waals surface area contributed by atoms with Gasteiger partial charge in [0.05, 0.1) is 18.0 Å². The minimum atomic E-state index is -3.75. The Hall–Kier alpha value is -2.75. The van der Waals surface area contributed by atoms with Crippen LogP contribution in [0.1, 0.15) is 5.56 Å². The number of sulfonamides is 1. The zero-order valence-corrected chi connectivity index (χ0v) is 15.9. The quantitative estimate of drug-likeness (QED) is 0.682. The molecule has 1 aliphatic rings. The molecule has 2 aromatic rings. The van der Waals surface area contributed by atoms with Gasteiger partial charge in [0, 0.05) is 13.1 Å². The number of hydrogen-bond acceptors (Lipinski definition) is 5. The molecule has 0 aromatic heterocycles. The number of ether oxygens (including phenoxy) is 1. The van der Waals surface area contributed by atoms with Gasteiger partial charge in [-0.2, -0.15) is 4.31 Å². The van der Waals surface area contributed by atoms with E-state index in [0.717, 1.165) is 5.56 Å². The third-order valence-electron chi connectivity index (χ3n) is 4.23. The molecular formula is C19H21N3O5S. The molecule has 1 saturated heterocycles. The maximum absolute atomic E-state index is 12.7. The van der Waals surface area contributed by atoms with Gasteiger partial charge in [0.15, 0.2) is 0 Å². The third-order valence-corrected chi connectivity index (χ3v) is 6.14. The predicted octanol–water partition coefficient (Wildman–Crippen LogP) is 0.466. The topological polar surface area (TPSA) is 105 Å². The summed E-state index contributed by atoms with van der Waals surface area (Å²) in [6.45, 7) is 0.496. The largest absolute Gasteiger partial charge is 0.359 e. The number of hydrogen-bond donors (Lipinski definition) is 2. The Morgan fingerprint density at radius 3 is 2.25 bits per heavy atom. The van der Waals surface area contributed by atoms with Gasteiger partial charge in [-0.05, 0) is 17.7 Å². The predicted molar refractivity (Wildman–Crippen MR) is 101 cm³/mol. The average molecular weight is 403 g/mol. The molecule has 1 heterocycles. The van der Waals surface area contributed by atoms with Crippen molar-refractivity contribution >= 4 is 21.8 Å². The van der Waals surface area contributed by atoms with Crippen LogP contribution >= 0.6 is 0 Å². The number of nitrogens with one attached hydrogen (secondary N) is 2. The highest BCUT2D eigenvalue weighted by atomic mass is 32.2. The lowest BCUT2D eigenvalue weighted by Gasteiger charge is -2.22. The normalized spacial score (nSPS) is 17.2. The molecule has 2 aromatic carbocycles. The maximum atomic E-state index is 12.7. The number of nitrogens with zero attached hydrogens (tertiary/aromatic N) is 1. The first-order chi connectivity index (χ1) is 13.5. The van der Waals surface area contributed by atoms with Crippen LogP contribution in [0.25, 0.3) is 0 Å². The first kappa shape index (κ1) is 20.0. The van der Waals surface area contributed by atoms with Crippen LogP contribution in [0.2, 0.25) is 0 Å². The highest BCUT2D eigenvalue weighted by Gasteiger charge is 2.36. The average Bonchev–Trinajstić information content (AvgIpc) is 3.21. The first-order valence-electron chi connectivity index (χ1n) is 8.77. The summed E-state index contributed by atoms with van der Waals surface area (Å²) in [5, 5.41) is 4.95. The molecule has 0 radical (unpaired) electrons. The Bertz CT molecular complexity index is 919. The fraction of sp³-hybridized carbons (Fsp3) is 0.263. The SMILES string of the molecule is O=C(NCc1ccccc1)C(=O)NC[C@H]1OCCN1S(=O)(=O)c1ccccc1. The highest BCUT2D eigenvalue weighted by molar-refractivity contribution is 7.89. The molecule has 0 bridgehead atoms. The van der Waals surface area contributed by atoms with E-state index in [1.165, 1.54) is 16.4 Å². The summed E-state index contributed by atoms with van der Waals surface area (Å²) in [5.74, 6) is -1.64. The Morgan fingerprint density at radius 1 is 0.964 bits per heavy atom. The number of benzene rings is 2. The van der Waals surface area contributed by atoms with E-state index in [0.29, 0.717) is 0 Å². The number of rotatable bonds is 6. The molecule has 3 rings (SSSR count). The van der Waals surface area contributed by atoms with Crippen LogP contribution < -0.4 is 10.6 Å². The summed E-state index contributed by atoms with van der Waals surface area (Å²) in [4.78, 5) is 24.1. The van der Waals surface area contributed by atoms with Crippen molar-refractivity contribution in [3.8, 4) is 0 Å². The van der Waals surface area contributed by atoms with Gasteiger partial charge >= 0.3 is 11.8 Å². The fourth-order valence-corrected chi connectivity index (χ4v) is 4.32. The Morgan fingerprint density at radius 2 is 1.57 bits per heavy atom. The molecule has 9 heteroatoms. The minimum Gasteiger partial charge on any atom is -0.359 e. The van der Waals surface area contributed by atoms with Crippen LogP contribution in [0.4, 0.5) is 0 Å². The molecule has 0 unspecified atom stereocenters. The van der Waals surface area contributed by atoms with Crippen LogP contribution in [0.3, 0.4) is 0 Å². The Kier molecular flexibility index (Phi) is 6.40. The molecule has 28 heavy (non-hydrogen) atoms. The summed E-state index contributed by atoms with van der Waals surface area (Å²) >= 11 is 0. The van der Waals surface area contributed by atoms with Crippen molar-refractivity contribution in [3.63, 3.8) is 0 Å². The van der Waals surface area contributed by atoms with E-state index in [2.05, 4.69) is 10.6 Å². The standard InChI is InChI=1S/C19H21N3O5S/c23-18(20-13-15-7-3-1-4-8-15)19(24)21-14-17-22(11-12-27-17)28(25,26)16-9-5-2-6-10-16/h1-10,17H,11-14H2,(H,20,23)(H,21,24)/t17-/m1/s1. The minimum absolute atomic E-state index is 0.121. The van der Waals surface area contributed by atoms with Crippen molar-refractivity contribution in [3.05, 3.63) is 66.2 Å². The lowest BCUT2D eigenvalue weighted by atomic mass is 10.2. The van der Waals surface area contributed by atoms with Crippen LogP contribution in [0.15, 0.2) is 65.6 Å². The molecule has 0 saturated carbocycles. The van der Waals surface area contributed by atoms with Crippen molar-refractivity contribution in [1.82, 2.24) is 14.9 Å². The molecule has 1 aliphatic heterocycles. The van der Waals surface area contributed by atoms with Gasteiger partial charge in [-0.25, -0.2) is 8.42 Å². The first-order valence-corrected chi connectivity index (χ1v) is 10.2. The Labute approximate surface area is 163 Å². The summed E-state index contributed by atoms with van der Waals surface area (Å²) in [6, 6.07) is 17.2.